The number of hydrogen-bond acceptors (Lipinski definition) is 7. The minimum atomic E-state index is -0.216. The van der Waals surface area contributed by atoms with Crippen molar-refractivity contribution in [2.24, 2.45) is 0 Å². The lowest BCUT2D eigenvalue weighted by Crippen LogP contribution is -2.42. The Morgan fingerprint density at radius 3 is 2.84 bits per heavy atom. The molecule has 0 bridgehead atoms. The van der Waals surface area contributed by atoms with Gasteiger partial charge >= 0.3 is 6.09 Å². The number of piperidine rings is 1. The maximum absolute atomic E-state index is 11.7. The average molecular weight is 350 g/mol. The van der Waals surface area contributed by atoms with E-state index in [0.29, 0.717) is 31.7 Å². The molecule has 1 aliphatic rings. The highest BCUT2D eigenvalue weighted by atomic mass is 16.6. The Bertz CT molecular complexity index is 532. The van der Waals surface area contributed by atoms with Crippen LogP contribution in [0.4, 0.5) is 16.6 Å². The first-order chi connectivity index (χ1) is 12.1. The summed E-state index contributed by atoms with van der Waals surface area (Å²) in [5.74, 6) is 1.47. The van der Waals surface area contributed by atoms with Crippen LogP contribution in [-0.2, 0) is 4.74 Å². The van der Waals surface area contributed by atoms with E-state index in [-0.39, 0.29) is 6.09 Å². The van der Waals surface area contributed by atoms with Crippen LogP contribution in [0.3, 0.4) is 0 Å². The number of amides is 1. The van der Waals surface area contributed by atoms with E-state index >= 15 is 0 Å². The highest BCUT2D eigenvalue weighted by Crippen LogP contribution is 2.16. The number of rotatable bonds is 8. The minimum absolute atomic E-state index is 0.216. The molecule has 25 heavy (non-hydrogen) atoms. The number of aromatic nitrogens is 2. The summed E-state index contributed by atoms with van der Waals surface area (Å²) in [5.41, 5.74) is 0. The molecule has 0 atom stereocenters. The molecule has 1 aromatic heterocycles. The van der Waals surface area contributed by atoms with E-state index in [0.717, 1.165) is 38.2 Å². The number of likely N-dealkylation sites (tertiary alicyclic amines) is 1. The van der Waals surface area contributed by atoms with Crippen molar-refractivity contribution in [3.05, 3.63) is 12.3 Å². The Morgan fingerprint density at radius 1 is 1.40 bits per heavy atom. The summed E-state index contributed by atoms with van der Waals surface area (Å²) in [6.45, 7) is 5.54. The van der Waals surface area contributed by atoms with Gasteiger partial charge in [-0.15, -0.1) is 0 Å². The van der Waals surface area contributed by atoms with Gasteiger partial charge < -0.3 is 25.2 Å². The maximum atomic E-state index is 11.7. The highest BCUT2D eigenvalue weighted by molar-refractivity contribution is 5.67. The van der Waals surface area contributed by atoms with Crippen LogP contribution in [0.25, 0.3) is 0 Å². The Kier molecular flexibility index (Phi) is 7.72. The molecule has 1 aliphatic heterocycles. The number of carbonyl (C=O) groups is 1. The molecule has 0 aliphatic carbocycles. The van der Waals surface area contributed by atoms with Gasteiger partial charge in [0.05, 0.1) is 6.61 Å². The summed E-state index contributed by atoms with van der Waals surface area (Å²) in [7, 11) is 4.13. The fraction of sp³-hybridized carbons (Fsp3) is 0.706. The fourth-order valence-electron chi connectivity index (χ4n) is 2.75. The largest absolute Gasteiger partial charge is 0.450 e. The average Bonchev–Trinajstić information content (AvgIpc) is 2.60. The predicted molar refractivity (Wildman–Crippen MR) is 98.9 cm³/mol. The predicted octanol–water partition coefficient (Wildman–Crippen LogP) is 1.87. The zero-order valence-corrected chi connectivity index (χ0v) is 15.5. The van der Waals surface area contributed by atoms with Gasteiger partial charge in [0.15, 0.2) is 0 Å². The van der Waals surface area contributed by atoms with Gasteiger partial charge in [-0.3, -0.25) is 0 Å². The number of anilines is 2. The number of hydrogen-bond donors (Lipinski definition) is 2. The van der Waals surface area contributed by atoms with Crippen LogP contribution >= 0.6 is 0 Å². The Morgan fingerprint density at radius 2 is 2.16 bits per heavy atom. The standard InChI is InChI=1S/C17H30N6O2/c1-4-25-17(24)23-12-7-14(8-13-23)20-15-6-10-19-16(21-15)18-9-5-11-22(2)3/h6,10,14H,4-5,7-9,11-13H2,1-3H3,(H2,18,19,20,21). The lowest BCUT2D eigenvalue weighted by Gasteiger charge is -2.31. The molecule has 0 radical (unpaired) electrons. The van der Waals surface area contributed by atoms with E-state index in [2.05, 4.69) is 39.6 Å². The van der Waals surface area contributed by atoms with Crippen LogP contribution in [0.5, 0.6) is 0 Å². The second-order valence-corrected chi connectivity index (χ2v) is 6.45. The van der Waals surface area contributed by atoms with Gasteiger partial charge in [0.1, 0.15) is 5.82 Å². The number of nitrogens with zero attached hydrogens (tertiary/aromatic N) is 4. The quantitative estimate of drug-likeness (QED) is 0.693. The first-order valence-corrected chi connectivity index (χ1v) is 8.98. The van der Waals surface area contributed by atoms with Gasteiger partial charge in [0.2, 0.25) is 5.95 Å². The molecule has 1 amide bonds. The Balaban J connectivity index is 1.76. The Hall–Kier alpha value is -2.09. The van der Waals surface area contributed by atoms with Crippen molar-refractivity contribution in [3.8, 4) is 0 Å². The summed E-state index contributed by atoms with van der Waals surface area (Å²) in [5, 5.41) is 6.70. The molecule has 0 saturated carbocycles. The number of carbonyl (C=O) groups excluding carboxylic acids is 1. The van der Waals surface area contributed by atoms with Crippen molar-refractivity contribution in [3.63, 3.8) is 0 Å². The molecule has 0 aromatic carbocycles. The third kappa shape index (κ3) is 6.74. The maximum Gasteiger partial charge on any atom is 0.409 e. The van der Waals surface area contributed by atoms with Crippen molar-refractivity contribution in [1.29, 1.82) is 0 Å². The van der Waals surface area contributed by atoms with Gasteiger partial charge in [-0.25, -0.2) is 9.78 Å². The van der Waals surface area contributed by atoms with Crippen molar-refractivity contribution in [2.75, 3.05) is 57.5 Å². The van der Waals surface area contributed by atoms with Crippen LogP contribution in [0, 0.1) is 0 Å². The summed E-state index contributed by atoms with van der Waals surface area (Å²) < 4.78 is 5.05. The second-order valence-electron chi connectivity index (χ2n) is 6.45. The highest BCUT2D eigenvalue weighted by Gasteiger charge is 2.23. The number of nitrogens with one attached hydrogen (secondary N) is 2. The summed E-state index contributed by atoms with van der Waals surface area (Å²) >= 11 is 0. The van der Waals surface area contributed by atoms with E-state index in [4.69, 9.17) is 4.74 Å². The molecule has 1 saturated heterocycles. The van der Waals surface area contributed by atoms with Gasteiger partial charge in [-0.05, 0) is 52.9 Å². The van der Waals surface area contributed by atoms with Crippen molar-refractivity contribution >= 4 is 17.9 Å². The van der Waals surface area contributed by atoms with Gasteiger partial charge in [-0.2, -0.15) is 4.98 Å². The first kappa shape index (κ1) is 19.2. The third-order valence-electron chi connectivity index (χ3n) is 4.09. The minimum Gasteiger partial charge on any atom is -0.450 e. The molecule has 1 aromatic rings. The van der Waals surface area contributed by atoms with Gasteiger partial charge in [0, 0.05) is 31.9 Å². The van der Waals surface area contributed by atoms with Crippen molar-refractivity contribution in [2.45, 2.75) is 32.2 Å². The van der Waals surface area contributed by atoms with Crippen molar-refractivity contribution < 1.29 is 9.53 Å². The lowest BCUT2D eigenvalue weighted by molar-refractivity contribution is 0.0983. The molecule has 0 spiro atoms. The zero-order valence-electron chi connectivity index (χ0n) is 15.5. The third-order valence-corrected chi connectivity index (χ3v) is 4.09. The van der Waals surface area contributed by atoms with E-state index in [1.165, 1.54) is 0 Å². The summed E-state index contributed by atoms with van der Waals surface area (Å²) in [6.07, 6.45) is 4.35. The molecule has 2 N–H and O–H groups in total. The molecule has 140 valence electrons. The molecule has 8 nitrogen and oxygen atoms in total. The zero-order chi connectivity index (χ0) is 18.1. The van der Waals surface area contributed by atoms with Crippen LogP contribution in [-0.4, -0.2) is 78.8 Å². The van der Waals surface area contributed by atoms with Crippen molar-refractivity contribution in [1.82, 2.24) is 19.8 Å². The van der Waals surface area contributed by atoms with Crippen LogP contribution in [0.15, 0.2) is 12.3 Å². The normalized spacial score (nSPS) is 15.3. The fourth-order valence-corrected chi connectivity index (χ4v) is 2.75. The van der Waals surface area contributed by atoms with E-state index < -0.39 is 0 Å². The lowest BCUT2D eigenvalue weighted by atomic mass is 10.1. The van der Waals surface area contributed by atoms with E-state index in [1.807, 2.05) is 13.0 Å². The van der Waals surface area contributed by atoms with Gasteiger partial charge in [-0.1, -0.05) is 0 Å². The SMILES string of the molecule is CCOC(=O)N1CCC(Nc2ccnc(NCCCN(C)C)n2)CC1. The smallest absolute Gasteiger partial charge is 0.409 e. The molecule has 2 heterocycles. The molecule has 2 rings (SSSR count). The van der Waals surface area contributed by atoms with Crippen LogP contribution in [0.2, 0.25) is 0 Å². The van der Waals surface area contributed by atoms with Gasteiger partial charge in [0.25, 0.3) is 0 Å². The molecular formula is C17H30N6O2. The van der Waals surface area contributed by atoms with E-state index in [1.54, 1.807) is 11.1 Å². The molecule has 8 heteroatoms. The topological polar surface area (TPSA) is 82.6 Å². The second kappa shape index (κ2) is 10.0. The van der Waals surface area contributed by atoms with Crippen LogP contribution in [0.1, 0.15) is 26.2 Å². The van der Waals surface area contributed by atoms with Crippen LogP contribution < -0.4 is 10.6 Å². The van der Waals surface area contributed by atoms with E-state index in [9.17, 15) is 4.79 Å². The number of ether oxygens (including phenoxy) is 1. The Labute approximate surface area is 150 Å². The molecular weight excluding hydrogens is 320 g/mol. The molecule has 0 unspecified atom stereocenters. The summed E-state index contributed by atoms with van der Waals surface area (Å²) in [4.78, 5) is 24.4. The summed E-state index contributed by atoms with van der Waals surface area (Å²) in [6, 6.07) is 2.19. The first-order valence-electron chi connectivity index (χ1n) is 8.98. The molecule has 1 fully saturated rings. The monoisotopic (exact) mass is 350 g/mol.